The van der Waals surface area contributed by atoms with Crippen molar-refractivity contribution in [2.24, 2.45) is 0 Å². The average Bonchev–Trinajstić information content (AvgIpc) is 2.62. The van der Waals surface area contributed by atoms with Crippen LogP contribution in [-0.4, -0.2) is 69.7 Å². The zero-order valence-corrected chi connectivity index (χ0v) is 17.3. The van der Waals surface area contributed by atoms with Crippen molar-refractivity contribution in [1.29, 1.82) is 0 Å². The molecular weight excluding hydrogens is 356 g/mol. The number of aliphatic hydroxyl groups excluding tert-OH is 1. The minimum atomic E-state index is -1.06. The van der Waals surface area contributed by atoms with Gasteiger partial charge in [0.25, 0.3) is 0 Å². The molecule has 6 heteroatoms. The number of likely N-dealkylation sites (tertiary alicyclic amines) is 1. The van der Waals surface area contributed by atoms with Gasteiger partial charge < -0.3 is 20.0 Å². The van der Waals surface area contributed by atoms with Gasteiger partial charge in [-0.25, -0.2) is 0 Å². The molecule has 3 atom stereocenters. The van der Waals surface area contributed by atoms with Crippen LogP contribution in [0.3, 0.4) is 0 Å². The van der Waals surface area contributed by atoms with Gasteiger partial charge in [-0.2, -0.15) is 0 Å². The minimum absolute atomic E-state index is 0.0232. The monoisotopic (exact) mass is 386 g/mol. The highest BCUT2D eigenvalue weighted by molar-refractivity contribution is 5.79. The molecule has 1 saturated heterocycles. The Labute approximate surface area is 167 Å². The number of hydrogen-bond donors (Lipinski definition) is 2. The third kappa shape index (κ3) is 4.92. The van der Waals surface area contributed by atoms with Gasteiger partial charge in [-0.15, -0.1) is 0 Å². The maximum Gasteiger partial charge on any atom is 0.222 e. The molecule has 6 nitrogen and oxygen atoms in total. The van der Waals surface area contributed by atoms with Crippen LogP contribution in [0.1, 0.15) is 51.2 Å². The summed E-state index contributed by atoms with van der Waals surface area (Å²) in [5.41, 5.74) is 0.720. The quantitative estimate of drug-likeness (QED) is 0.749. The molecule has 2 rings (SSSR count). The Morgan fingerprint density at radius 1 is 1.21 bits per heavy atom. The lowest BCUT2D eigenvalue weighted by Crippen LogP contribution is -2.68. The van der Waals surface area contributed by atoms with Crippen molar-refractivity contribution in [2.45, 2.75) is 57.7 Å². The van der Waals surface area contributed by atoms with E-state index < -0.39 is 5.60 Å². The molecule has 0 spiro atoms. The number of likely N-dealkylation sites (N-methyl/N-ethyl adjacent to an activating group) is 1. The van der Waals surface area contributed by atoms with Gasteiger partial charge in [-0.1, -0.05) is 30.9 Å². The lowest BCUT2D eigenvalue weighted by Gasteiger charge is -2.55. The van der Waals surface area contributed by atoms with Gasteiger partial charge in [0.15, 0.2) is 0 Å². The zero-order chi connectivity index (χ0) is 21.1. The molecule has 1 aliphatic heterocycles. The van der Waals surface area contributed by atoms with Crippen molar-refractivity contribution in [2.75, 3.05) is 20.2 Å². The second-order valence-corrected chi connectivity index (χ2v) is 7.83. The highest BCUT2D eigenvalue weighted by Gasteiger charge is 2.50. The Morgan fingerprint density at radius 3 is 2.29 bits per heavy atom. The third-order valence-corrected chi connectivity index (χ3v) is 5.13. The Kier molecular flexibility index (Phi) is 6.87. The normalized spacial score (nSPS) is 21.4. The van der Waals surface area contributed by atoms with Crippen LogP contribution in [0.4, 0.5) is 0 Å². The third-order valence-electron chi connectivity index (χ3n) is 5.13. The smallest absolute Gasteiger partial charge is 0.222 e. The van der Waals surface area contributed by atoms with Crippen LogP contribution >= 0.6 is 0 Å². The van der Waals surface area contributed by atoms with Crippen LogP contribution < -0.4 is 0 Å². The summed E-state index contributed by atoms with van der Waals surface area (Å²) in [6.45, 7) is 6.85. The van der Waals surface area contributed by atoms with Crippen LogP contribution in [0.25, 0.3) is 0 Å². The number of amides is 2. The molecule has 0 radical (unpaired) electrons. The van der Waals surface area contributed by atoms with E-state index in [1.54, 1.807) is 37.6 Å². The Hall–Kier alpha value is -2.36. The van der Waals surface area contributed by atoms with Gasteiger partial charge in [-0.05, 0) is 31.5 Å². The predicted molar refractivity (Wildman–Crippen MR) is 107 cm³/mol. The highest BCUT2D eigenvalue weighted by atomic mass is 16.3. The van der Waals surface area contributed by atoms with Crippen LogP contribution in [0, 0.1) is 11.8 Å². The van der Waals surface area contributed by atoms with Crippen molar-refractivity contribution in [1.82, 2.24) is 9.80 Å². The topological polar surface area (TPSA) is 81.1 Å². The first-order valence-corrected chi connectivity index (χ1v) is 9.58. The number of benzene rings is 1. The predicted octanol–water partition coefficient (Wildman–Crippen LogP) is 1.35. The summed E-state index contributed by atoms with van der Waals surface area (Å²) in [7, 11) is 1.72. The molecule has 0 aromatic heterocycles. The minimum Gasteiger partial charge on any atom is -0.394 e. The van der Waals surface area contributed by atoms with Gasteiger partial charge >= 0.3 is 0 Å². The molecule has 2 N–H and O–H groups in total. The van der Waals surface area contributed by atoms with Crippen molar-refractivity contribution in [3.05, 3.63) is 35.4 Å². The number of carbonyl (C=O) groups is 2. The molecule has 152 valence electrons. The van der Waals surface area contributed by atoms with E-state index in [9.17, 15) is 19.8 Å². The SMILES string of the molecule is CCC(=O)N1[C@H](CO)[C@H](c2ccc(C#CC(C)(C)O)cc2)[C@@H]1CN(C)C(C)=O. The highest BCUT2D eigenvalue weighted by Crippen LogP contribution is 2.41. The lowest BCUT2D eigenvalue weighted by molar-refractivity contribution is -0.153. The van der Waals surface area contributed by atoms with Crippen LogP contribution in [0.15, 0.2) is 24.3 Å². The molecule has 0 unspecified atom stereocenters. The fourth-order valence-electron chi connectivity index (χ4n) is 3.57. The van der Waals surface area contributed by atoms with E-state index >= 15 is 0 Å². The van der Waals surface area contributed by atoms with Gasteiger partial charge in [0, 0.05) is 38.4 Å². The molecule has 0 aliphatic carbocycles. The summed E-state index contributed by atoms with van der Waals surface area (Å²) < 4.78 is 0. The van der Waals surface area contributed by atoms with Crippen molar-refractivity contribution < 1.29 is 19.8 Å². The molecule has 1 aromatic rings. The number of carbonyl (C=O) groups excluding carboxylic acids is 2. The summed E-state index contributed by atoms with van der Waals surface area (Å²) in [5.74, 6) is 5.58. The lowest BCUT2D eigenvalue weighted by atomic mass is 9.74. The standard InChI is InChI=1S/C22H30N2O4/c1-6-20(27)24-18(13-23(5)15(2)26)21(19(24)14-25)17-9-7-16(8-10-17)11-12-22(3,4)28/h7-10,18-19,21,25,28H,6,13-14H2,1-5H3/t18-,19+,21+/m0/s1. The molecule has 1 fully saturated rings. The summed E-state index contributed by atoms with van der Waals surface area (Å²) in [6.07, 6.45) is 0.356. The Bertz CT molecular complexity index is 770. The zero-order valence-electron chi connectivity index (χ0n) is 17.3. The van der Waals surface area contributed by atoms with Crippen molar-refractivity contribution in [3.8, 4) is 11.8 Å². The average molecular weight is 386 g/mol. The molecule has 2 amide bonds. The molecule has 1 heterocycles. The summed E-state index contributed by atoms with van der Waals surface area (Å²) in [4.78, 5) is 27.4. The van der Waals surface area contributed by atoms with Crippen LogP contribution in [0.5, 0.6) is 0 Å². The summed E-state index contributed by atoms with van der Waals surface area (Å²) in [5, 5.41) is 19.6. The molecule has 1 aromatic carbocycles. The Balaban J connectivity index is 2.30. The first-order chi connectivity index (χ1) is 13.1. The fourth-order valence-corrected chi connectivity index (χ4v) is 3.57. The molecule has 28 heavy (non-hydrogen) atoms. The van der Waals surface area contributed by atoms with E-state index in [2.05, 4.69) is 11.8 Å². The van der Waals surface area contributed by atoms with E-state index in [-0.39, 0.29) is 36.4 Å². The Morgan fingerprint density at radius 2 is 1.82 bits per heavy atom. The fraction of sp³-hybridized carbons (Fsp3) is 0.545. The second kappa shape index (κ2) is 8.76. The van der Waals surface area contributed by atoms with Gasteiger partial charge in [0.05, 0.1) is 18.7 Å². The largest absolute Gasteiger partial charge is 0.394 e. The first kappa shape index (κ1) is 21.9. The van der Waals surface area contributed by atoms with E-state index in [0.29, 0.717) is 13.0 Å². The van der Waals surface area contributed by atoms with Gasteiger partial charge in [0.1, 0.15) is 5.60 Å². The molecule has 1 aliphatic rings. The molecule has 0 saturated carbocycles. The molecular formula is C22H30N2O4. The first-order valence-electron chi connectivity index (χ1n) is 9.58. The van der Waals surface area contributed by atoms with E-state index in [1.807, 2.05) is 24.3 Å². The summed E-state index contributed by atoms with van der Waals surface area (Å²) in [6, 6.07) is 7.15. The number of aliphatic hydroxyl groups is 2. The van der Waals surface area contributed by atoms with Crippen molar-refractivity contribution in [3.63, 3.8) is 0 Å². The van der Waals surface area contributed by atoms with E-state index in [0.717, 1.165) is 11.1 Å². The summed E-state index contributed by atoms with van der Waals surface area (Å²) >= 11 is 0. The molecule has 0 bridgehead atoms. The van der Waals surface area contributed by atoms with E-state index in [1.165, 1.54) is 6.92 Å². The van der Waals surface area contributed by atoms with Crippen LogP contribution in [0.2, 0.25) is 0 Å². The van der Waals surface area contributed by atoms with E-state index in [4.69, 9.17) is 0 Å². The van der Waals surface area contributed by atoms with Crippen LogP contribution in [-0.2, 0) is 9.59 Å². The second-order valence-electron chi connectivity index (χ2n) is 7.83. The number of rotatable bonds is 5. The van der Waals surface area contributed by atoms with Gasteiger partial charge in [-0.3, -0.25) is 9.59 Å². The number of nitrogens with zero attached hydrogens (tertiary/aromatic N) is 2. The maximum atomic E-state index is 12.4. The number of hydrogen-bond acceptors (Lipinski definition) is 4. The van der Waals surface area contributed by atoms with Gasteiger partial charge in [0.2, 0.25) is 11.8 Å². The van der Waals surface area contributed by atoms with Crippen molar-refractivity contribution >= 4 is 11.8 Å². The maximum absolute atomic E-state index is 12.4.